The van der Waals surface area contributed by atoms with Crippen LogP contribution in [0, 0.1) is 0 Å². The van der Waals surface area contributed by atoms with Gasteiger partial charge in [-0.3, -0.25) is 0 Å². The maximum Gasteiger partial charge on any atom is 0.534 e. The average molecular weight is 882 g/mol. The van der Waals surface area contributed by atoms with Crippen LogP contribution < -0.4 is 4.18 Å². The lowest BCUT2D eigenvalue weighted by atomic mass is 9.81. The lowest BCUT2D eigenvalue weighted by Gasteiger charge is -2.52. The SMILES string of the molecule is O=S(=O)(c1ccccc1)n1c(CC[C@]2(OCc3ccccc3)C(O)O[C@H](CO)[C@@H](OCc3ccc(OS(=O)(=O)C(F)(F)F)cc3)[C@@H]2OCc2ccccc2)cc2ccccc21. The summed E-state index contributed by atoms with van der Waals surface area (Å²) in [5, 5.41) is 23.4. The summed E-state index contributed by atoms with van der Waals surface area (Å²) >= 11 is 0. The van der Waals surface area contributed by atoms with Crippen molar-refractivity contribution in [1.29, 1.82) is 0 Å². The van der Waals surface area contributed by atoms with Crippen molar-refractivity contribution in [2.45, 2.75) is 73.3 Å². The molecule has 1 aliphatic heterocycles. The van der Waals surface area contributed by atoms with Crippen LogP contribution in [0.15, 0.2) is 150 Å². The molecule has 0 saturated carbocycles. The molecule has 7 rings (SSSR count). The summed E-state index contributed by atoms with van der Waals surface area (Å²) in [5.41, 5.74) is -4.77. The molecule has 1 aliphatic rings. The van der Waals surface area contributed by atoms with E-state index in [2.05, 4.69) is 4.18 Å². The van der Waals surface area contributed by atoms with E-state index in [-0.39, 0.29) is 37.6 Å². The van der Waals surface area contributed by atoms with Gasteiger partial charge in [-0.15, -0.1) is 0 Å². The third-order valence-electron chi connectivity index (χ3n) is 10.3. The van der Waals surface area contributed by atoms with Gasteiger partial charge in [-0.2, -0.15) is 21.6 Å². The summed E-state index contributed by atoms with van der Waals surface area (Å²) in [7, 11) is -10.0. The Balaban J connectivity index is 1.28. The van der Waals surface area contributed by atoms with Crippen LogP contribution in [-0.4, -0.2) is 73.3 Å². The molecule has 5 aromatic carbocycles. The fraction of sp³-hybridized carbons (Fsp3) is 0.273. The first kappa shape index (κ1) is 44.0. The van der Waals surface area contributed by atoms with Gasteiger partial charge in [0.25, 0.3) is 10.0 Å². The Hall–Kier alpha value is -5.11. The molecule has 0 aliphatic carbocycles. The van der Waals surface area contributed by atoms with Crippen LogP contribution in [0.3, 0.4) is 0 Å². The van der Waals surface area contributed by atoms with Crippen LogP contribution in [0.25, 0.3) is 10.9 Å². The van der Waals surface area contributed by atoms with E-state index in [0.717, 1.165) is 23.3 Å². The molecule has 322 valence electrons. The van der Waals surface area contributed by atoms with Crippen LogP contribution in [-0.2, 0) is 65.3 Å². The highest BCUT2D eigenvalue weighted by Crippen LogP contribution is 2.41. The number of aliphatic hydroxyl groups excluding tert-OH is 2. The maximum absolute atomic E-state index is 14.3. The van der Waals surface area contributed by atoms with Crippen LogP contribution in [0.2, 0.25) is 0 Å². The van der Waals surface area contributed by atoms with E-state index in [1.165, 1.54) is 28.2 Å². The fourth-order valence-corrected chi connectivity index (χ4v) is 9.32. The molecule has 61 heavy (non-hydrogen) atoms. The van der Waals surface area contributed by atoms with E-state index < -0.39 is 68.2 Å². The molecule has 5 atom stereocenters. The molecule has 0 bridgehead atoms. The first-order chi connectivity index (χ1) is 29.2. The highest BCUT2D eigenvalue weighted by molar-refractivity contribution is 7.90. The van der Waals surface area contributed by atoms with Crippen molar-refractivity contribution in [2.75, 3.05) is 6.61 Å². The minimum atomic E-state index is -5.91. The Morgan fingerprint density at radius 1 is 0.705 bits per heavy atom. The smallest absolute Gasteiger partial charge is 0.394 e. The number of fused-ring (bicyclic) bond motifs is 1. The van der Waals surface area contributed by atoms with E-state index in [1.54, 1.807) is 48.5 Å². The van der Waals surface area contributed by atoms with Crippen LogP contribution >= 0.6 is 0 Å². The van der Waals surface area contributed by atoms with Crippen molar-refractivity contribution >= 4 is 31.0 Å². The number of hydrogen-bond acceptors (Lipinski definition) is 11. The van der Waals surface area contributed by atoms with Gasteiger partial charge in [0.05, 0.1) is 36.8 Å². The van der Waals surface area contributed by atoms with Crippen LogP contribution in [0.4, 0.5) is 13.2 Å². The molecule has 2 N–H and O–H groups in total. The van der Waals surface area contributed by atoms with Gasteiger partial charge in [-0.05, 0) is 65.9 Å². The largest absolute Gasteiger partial charge is 0.534 e. The molecular formula is C44H42F3NO11S2. The van der Waals surface area contributed by atoms with E-state index in [9.17, 15) is 40.2 Å². The Bertz CT molecular complexity index is 2600. The first-order valence-electron chi connectivity index (χ1n) is 19.1. The zero-order valence-electron chi connectivity index (χ0n) is 32.4. The predicted octanol–water partition coefficient (Wildman–Crippen LogP) is 6.88. The van der Waals surface area contributed by atoms with Gasteiger partial charge in [0.15, 0.2) is 6.29 Å². The number of aryl methyl sites for hydroxylation is 1. The Kier molecular flexibility index (Phi) is 13.3. The zero-order valence-corrected chi connectivity index (χ0v) is 34.0. The Morgan fingerprint density at radius 2 is 1.26 bits per heavy atom. The molecule has 1 unspecified atom stereocenters. The van der Waals surface area contributed by atoms with Gasteiger partial charge >= 0.3 is 15.6 Å². The topological polar surface area (TPSA) is 160 Å². The fourth-order valence-electron chi connectivity index (χ4n) is 7.27. The zero-order chi connectivity index (χ0) is 43.3. The Labute approximate surface area is 350 Å². The van der Waals surface area contributed by atoms with Crippen LogP contribution in [0.1, 0.15) is 28.8 Å². The molecule has 1 saturated heterocycles. The van der Waals surface area contributed by atoms with Crippen molar-refractivity contribution in [1.82, 2.24) is 3.97 Å². The number of aromatic nitrogens is 1. The molecule has 0 amide bonds. The standard InChI is InChI=1S/C44H42F3NO11S2/c45-44(46,47)61(53,54)59-36-22-20-33(21-23-36)28-55-40-39(27-49)58-42(50)43(57-30-32-14-6-2-7-15-32,41(40)56-29-31-12-4-1-5-13-31)25-24-35-26-34-16-10-11-19-38(34)48(35)60(51,52)37-17-8-3-9-18-37/h1-23,26,39-42,49-50H,24-25,27-30H2/t39-,40-,41+,42?,43-/m1/s1. The normalized spacial score (nSPS) is 21.1. The maximum atomic E-state index is 14.3. The van der Waals surface area contributed by atoms with Gasteiger partial charge in [0.2, 0.25) is 0 Å². The minimum absolute atomic E-state index is 0.0000421. The highest BCUT2D eigenvalue weighted by Gasteiger charge is 2.58. The van der Waals surface area contributed by atoms with E-state index in [0.29, 0.717) is 22.2 Å². The van der Waals surface area contributed by atoms with Gasteiger partial charge < -0.3 is 33.3 Å². The second-order valence-corrected chi connectivity index (χ2v) is 17.7. The molecular weight excluding hydrogens is 840 g/mol. The summed E-state index contributed by atoms with van der Waals surface area (Å²) < 4.78 is 122. The number of alkyl halides is 3. The Morgan fingerprint density at radius 3 is 1.89 bits per heavy atom. The number of para-hydroxylation sites is 1. The molecule has 12 nitrogen and oxygen atoms in total. The quantitative estimate of drug-likeness (QED) is 0.0727. The molecule has 0 spiro atoms. The second kappa shape index (κ2) is 18.5. The summed E-state index contributed by atoms with van der Waals surface area (Å²) in [4.78, 5) is 0.0681. The number of hydrogen-bond donors (Lipinski definition) is 2. The molecule has 1 fully saturated rings. The highest BCUT2D eigenvalue weighted by atomic mass is 32.2. The van der Waals surface area contributed by atoms with Gasteiger partial charge in [-0.1, -0.05) is 109 Å². The number of benzene rings is 5. The monoisotopic (exact) mass is 881 g/mol. The molecule has 0 radical (unpaired) electrons. The van der Waals surface area contributed by atoms with E-state index in [1.807, 2.05) is 60.7 Å². The summed E-state index contributed by atoms with van der Waals surface area (Å²) in [6.45, 7) is -0.977. The summed E-state index contributed by atoms with van der Waals surface area (Å²) in [6, 6.07) is 39.7. The number of rotatable bonds is 17. The minimum Gasteiger partial charge on any atom is -0.394 e. The molecule has 2 heterocycles. The summed E-state index contributed by atoms with van der Waals surface area (Å²) in [6.07, 6.45) is -5.47. The number of nitrogens with zero attached hydrogens (tertiary/aromatic N) is 1. The van der Waals surface area contributed by atoms with Crippen molar-refractivity contribution in [3.8, 4) is 5.75 Å². The lowest BCUT2D eigenvalue weighted by molar-refractivity contribution is -0.359. The van der Waals surface area contributed by atoms with Crippen LogP contribution in [0.5, 0.6) is 5.75 Å². The van der Waals surface area contributed by atoms with E-state index in [4.69, 9.17) is 18.9 Å². The van der Waals surface area contributed by atoms with Crippen molar-refractivity contribution in [3.05, 3.63) is 168 Å². The van der Waals surface area contributed by atoms with Crippen molar-refractivity contribution in [3.63, 3.8) is 0 Å². The molecule has 17 heteroatoms. The number of aliphatic hydroxyl groups is 2. The molecule has 6 aromatic rings. The molecule has 1 aromatic heterocycles. The average Bonchev–Trinajstić information content (AvgIpc) is 3.65. The van der Waals surface area contributed by atoms with Crippen molar-refractivity contribution in [2.24, 2.45) is 0 Å². The third kappa shape index (κ3) is 9.69. The van der Waals surface area contributed by atoms with E-state index >= 15 is 0 Å². The van der Waals surface area contributed by atoms with Crippen molar-refractivity contribution < 1.29 is 63.4 Å². The van der Waals surface area contributed by atoms with Gasteiger partial charge in [0, 0.05) is 11.1 Å². The summed E-state index contributed by atoms with van der Waals surface area (Å²) in [5.74, 6) is -0.581. The van der Waals surface area contributed by atoms with Gasteiger partial charge in [-0.25, -0.2) is 12.4 Å². The number of ether oxygens (including phenoxy) is 4. The first-order valence-corrected chi connectivity index (χ1v) is 22.0. The predicted molar refractivity (Wildman–Crippen MR) is 217 cm³/mol. The number of halogens is 3. The lowest BCUT2D eigenvalue weighted by Crippen LogP contribution is -2.69. The second-order valence-electron chi connectivity index (χ2n) is 14.3. The van der Waals surface area contributed by atoms with Gasteiger partial charge in [0.1, 0.15) is 29.7 Å². The third-order valence-corrected chi connectivity index (χ3v) is 13.1.